The van der Waals surface area contributed by atoms with Crippen molar-refractivity contribution in [3.05, 3.63) is 48.5 Å². The third kappa shape index (κ3) is 2.55. The summed E-state index contributed by atoms with van der Waals surface area (Å²) in [6.45, 7) is 0.220. The molecule has 0 spiro atoms. The number of rotatable bonds is 3. The maximum Gasteiger partial charge on any atom is 0.308 e. The topological polar surface area (TPSA) is 70.5 Å². The quantitative estimate of drug-likeness (QED) is 0.794. The van der Waals surface area contributed by atoms with Crippen molar-refractivity contribution in [3.8, 4) is 10.6 Å². The van der Waals surface area contributed by atoms with Crippen LogP contribution in [0, 0.1) is 5.92 Å². The molecule has 1 aromatic heterocycles. The lowest BCUT2D eigenvalue weighted by Crippen LogP contribution is -2.25. The van der Waals surface area contributed by atoms with E-state index in [1.807, 2.05) is 48.5 Å². The van der Waals surface area contributed by atoms with Gasteiger partial charge in [-0.2, -0.15) is 0 Å². The number of carbonyl (C=O) groups excluding carboxylic acids is 1. The molecule has 0 unspecified atom stereocenters. The molecule has 2 aromatic carbocycles. The van der Waals surface area contributed by atoms with Crippen LogP contribution in [0.25, 0.3) is 20.8 Å². The molecule has 6 heteroatoms. The number of fused-ring (bicyclic) bond motifs is 1. The molecule has 5 nitrogen and oxygen atoms in total. The summed E-state index contributed by atoms with van der Waals surface area (Å²) in [6, 6.07) is 15.5. The average molecular weight is 338 g/mol. The van der Waals surface area contributed by atoms with E-state index in [-0.39, 0.29) is 18.9 Å². The largest absolute Gasteiger partial charge is 0.481 e. The Bertz CT molecular complexity index is 917. The highest BCUT2D eigenvalue weighted by Gasteiger charge is 2.35. The number of anilines is 1. The van der Waals surface area contributed by atoms with Gasteiger partial charge in [-0.25, -0.2) is 4.98 Å². The number of nitrogens with zero attached hydrogens (tertiary/aromatic N) is 2. The van der Waals surface area contributed by atoms with Crippen LogP contribution in [-0.4, -0.2) is 28.5 Å². The maximum atomic E-state index is 12.1. The summed E-state index contributed by atoms with van der Waals surface area (Å²) >= 11 is 1.60. The monoisotopic (exact) mass is 338 g/mol. The minimum absolute atomic E-state index is 0.0562. The van der Waals surface area contributed by atoms with Crippen molar-refractivity contribution in [2.24, 2.45) is 5.92 Å². The molecular formula is C18H14N2O3S. The van der Waals surface area contributed by atoms with Gasteiger partial charge in [0.15, 0.2) is 0 Å². The SMILES string of the molecule is O=C(O)[C@@H]1CC(=O)N(c2cccc(-c3nc4ccccc4s3)c2)C1. The first-order valence-electron chi connectivity index (χ1n) is 7.61. The van der Waals surface area contributed by atoms with Crippen LogP contribution < -0.4 is 4.90 Å². The number of benzene rings is 2. The van der Waals surface area contributed by atoms with E-state index >= 15 is 0 Å². The number of thiazole rings is 1. The fourth-order valence-electron chi connectivity index (χ4n) is 2.93. The van der Waals surface area contributed by atoms with Crippen LogP contribution in [0.3, 0.4) is 0 Å². The van der Waals surface area contributed by atoms with E-state index in [1.165, 1.54) is 0 Å². The van der Waals surface area contributed by atoms with E-state index < -0.39 is 11.9 Å². The van der Waals surface area contributed by atoms with Gasteiger partial charge in [-0.05, 0) is 24.3 Å². The molecule has 0 radical (unpaired) electrons. The Balaban J connectivity index is 1.69. The molecule has 120 valence electrons. The Kier molecular flexibility index (Phi) is 3.54. The maximum absolute atomic E-state index is 12.1. The second-order valence-electron chi connectivity index (χ2n) is 5.78. The average Bonchev–Trinajstić information content (AvgIpc) is 3.18. The van der Waals surface area contributed by atoms with E-state index in [2.05, 4.69) is 4.98 Å². The number of para-hydroxylation sites is 1. The first kappa shape index (κ1) is 14.8. The van der Waals surface area contributed by atoms with Crippen LogP contribution in [0.15, 0.2) is 48.5 Å². The molecule has 24 heavy (non-hydrogen) atoms. The highest BCUT2D eigenvalue weighted by molar-refractivity contribution is 7.21. The molecule has 0 aliphatic carbocycles. The summed E-state index contributed by atoms with van der Waals surface area (Å²) in [5, 5.41) is 10.0. The smallest absolute Gasteiger partial charge is 0.308 e. The lowest BCUT2D eigenvalue weighted by atomic mass is 10.1. The Morgan fingerprint density at radius 2 is 2.04 bits per heavy atom. The van der Waals surface area contributed by atoms with Gasteiger partial charge < -0.3 is 10.0 Å². The van der Waals surface area contributed by atoms with Gasteiger partial charge in [-0.1, -0.05) is 24.3 Å². The zero-order chi connectivity index (χ0) is 16.7. The minimum atomic E-state index is -0.923. The Hall–Kier alpha value is -2.73. The number of carboxylic acid groups (broad SMARTS) is 1. The predicted octanol–water partition coefficient (Wildman–Crippen LogP) is 3.40. The third-order valence-corrected chi connectivity index (χ3v) is 5.26. The molecule has 1 N–H and O–H groups in total. The number of aliphatic carboxylic acids is 1. The number of amides is 1. The van der Waals surface area contributed by atoms with Crippen LogP contribution in [0.5, 0.6) is 0 Å². The highest BCUT2D eigenvalue weighted by atomic mass is 32.1. The Morgan fingerprint density at radius 3 is 2.79 bits per heavy atom. The van der Waals surface area contributed by atoms with Crippen LogP contribution in [0.4, 0.5) is 5.69 Å². The van der Waals surface area contributed by atoms with Gasteiger partial charge in [0.05, 0.1) is 16.1 Å². The summed E-state index contributed by atoms with van der Waals surface area (Å²) < 4.78 is 1.11. The first-order valence-corrected chi connectivity index (χ1v) is 8.42. The van der Waals surface area contributed by atoms with E-state index in [1.54, 1.807) is 16.2 Å². The molecule has 1 aliphatic rings. The standard InChI is InChI=1S/C18H14N2O3S/c21-16-9-12(18(22)23)10-20(16)13-5-3-4-11(8-13)17-19-14-6-1-2-7-15(14)24-17/h1-8,12H,9-10H2,(H,22,23)/t12-/m1/s1. The fourth-order valence-corrected chi connectivity index (χ4v) is 3.89. The summed E-state index contributed by atoms with van der Waals surface area (Å²) in [7, 11) is 0. The zero-order valence-corrected chi connectivity index (χ0v) is 13.5. The van der Waals surface area contributed by atoms with Crippen LogP contribution >= 0.6 is 11.3 Å². The fraction of sp³-hybridized carbons (Fsp3) is 0.167. The summed E-state index contributed by atoms with van der Waals surface area (Å²) in [6.07, 6.45) is 0.0562. The molecule has 2 heterocycles. The predicted molar refractivity (Wildman–Crippen MR) is 93.2 cm³/mol. The van der Waals surface area contributed by atoms with Crippen LogP contribution in [0.1, 0.15) is 6.42 Å². The van der Waals surface area contributed by atoms with E-state index in [0.29, 0.717) is 0 Å². The van der Waals surface area contributed by atoms with Gasteiger partial charge in [-0.15, -0.1) is 11.3 Å². The van der Waals surface area contributed by atoms with Gasteiger partial charge in [0, 0.05) is 24.2 Å². The van der Waals surface area contributed by atoms with Gasteiger partial charge in [0.2, 0.25) is 5.91 Å². The van der Waals surface area contributed by atoms with Crippen molar-refractivity contribution >= 4 is 39.1 Å². The van der Waals surface area contributed by atoms with E-state index in [0.717, 1.165) is 26.5 Å². The number of carboxylic acids is 1. The van der Waals surface area contributed by atoms with Gasteiger partial charge in [-0.3, -0.25) is 9.59 Å². The van der Waals surface area contributed by atoms with E-state index in [9.17, 15) is 9.59 Å². The van der Waals surface area contributed by atoms with Crippen molar-refractivity contribution in [1.82, 2.24) is 4.98 Å². The zero-order valence-electron chi connectivity index (χ0n) is 12.7. The molecule has 4 rings (SSSR count). The normalized spacial score (nSPS) is 17.6. The lowest BCUT2D eigenvalue weighted by molar-refractivity contribution is -0.141. The van der Waals surface area contributed by atoms with Crippen molar-refractivity contribution < 1.29 is 14.7 Å². The van der Waals surface area contributed by atoms with Gasteiger partial charge >= 0.3 is 5.97 Å². The Labute approximate surface area is 142 Å². The molecule has 1 amide bonds. The molecule has 0 bridgehead atoms. The lowest BCUT2D eigenvalue weighted by Gasteiger charge is -2.16. The summed E-state index contributed by atoms with van der Waals surface area (Å²) in [5.41, 5.74) is 2.60. The minimum Gasteiger partial charge on any atom is -0.481 e. The summed E-state index contributed by atoms with van der Waals surface area (Å²) in [5.74, 6) is -1.71. The molecule has 1 saturated heterocycles. The highest BCUT2D eigenvalue weighted by Crippen LogP contribution is 2.33. The van der Waals surface area contributed by atoms with Crippen molar-refractivity contribution in [2.75, 3.05) is 11.4 Å². The summed E-state index contributed by atoms with van der Waals surface area (Å²) in [4.78, 5) is 29.4. The number of hydrogen-bond donors (Lipinski definition) is 1. The van der Waals surface area contributed by atoms with Crippen LogP contribution in [-0.2, 0) is 9.59 Å². The molecule has 1 aliphatic heterocycles. The first-order chi connectivity index (χ1) is 11.6. The molecule has 1 fully saturated rings. The second-order valence-corrected chi connectivity index (χ2v) is 6.81. The van der Waals surface area contributed by atoms with E-state index in [4.69, 9.17) is 5.11 Å². The third-order valence-electron chi connectivity index (χ3n) is 4.17. The number of hydrogen-bond acceptors (Lipinski definition) is 4. The molecular weight excluding hydrogens is 324 g/mol. The van der Waals surface area contributed by atoms with Gasteiger partial charge in [0.25, 0.3) is 0 Å². The number of carbonyl (C=O) groups is 2. The van der Waals surface area contributed by atoms with Crippen LogP contribution in [0.2, 0.25) is 0 Å². The van der Waals surface area contributed by atoms with Crippen molar-refractivity contribution in [2.45, 2.75) is 6.42 Å². The van der Waals surface area contributed by atoms with Crippen molar-refractivity contribution in [3.63, 3.8) is 0 Å². The number of aromatic nitrogens is 1. The Morgan fingerprint density at radius 1 is 1.21 bits per heavy atom. The molecule has 1 atom stereocenters. The van der Waals surface area contributed by atoms with Crippen molar-refractivity contribution in [1.29, 1.82) is 0 Å². The second kappa shape index (κ2) is 5.72. The molecule has 3 aromatic rings. The van der Waals surface area contributed by atoms with Gasteiger partial charge in [0.1, 0.15) is 5.01 Å². The molecule has 0 saturated carbocycles.